The van der Waals surface area contributed by atoms with E-state index in [1.165, 1.54) is 0 Å². The van der Waals surface area contributed by atoms with Crippen LogP contribution in [0.15, 0.2) is 24.3 Å². The first-order valence-electron chi connectivity index (χ1n) is 7.40. The van der Waals surface area contributed by atoms with Crippen molar-refractivity contribution >= 4 is 11.8 Å². The van der Waals surface area contributed by atoms with E-state index in [-0.39, 0.29) is 6.10 Å². The summed E-state index contributed by atoms with van der Waals surface area (Å²) < 4.78 is 11.2. The van der Waals surface area contributed by atoms with E-state index in [1.54, 1.807) is 0 Å². The monoisotopic (exact) mass is 292 g/mol. The highest BCUT2D eigenvalue weighted by molar-refractivity contribution is 5.85. The molecule has 1 aliphatic heterocycles. The number of anilines is 1. The molecular weight excluding hydrogens is 268 g/mol. The van der Waals surface area contributed by atoms with E-state index in [0.717, 1.165) is 31.7 Å². The van der Waals surface area contributed by atoms with Gasteiger partial charge in [0.2, 0.25) is 0 Å². The minimum Gasteiger partial charge on any atom is -0.489 e. The van der Waals surface area contributed by atoms with Gasteiger partial charge in [-0.2, -0.15) is 0 Å². The van der Waals surface area contributed by atoms with Crippen LogP contribution in [-0.2, 0) is 4.74 Å². The smallest absolute Gasteiger partial charge is 0.412 e. The Hall–Kier alpha value is -1.75. The molecule has 5 nitrogen and oxygen atoms in total. The van der Waals surface area contributed by atoms with E-state index in [0.29, 0.717) is 5.69 Å². The van der Waals surface area contributed by atoms with Crippen molar-refractivity contribution in [1.29, 1.82) is 0 Å². The van der Waals surface area contributed by atoms with Crippen LogP contribution in [0, 0.1) is 0 Å². The van der Waals surface area contributed by atoms with E-state index in [9.17, 15) is 4.79 Å². The summed E-state index contributed by atoms with van der Waals surface area (Å²) in [7, 11) is 0. The molecule has 1 heterocycles. The molecule has 1 aromatic rings. The first-order chi connectivity index (χ1) is 9.92. The van der Waals surface area contributed by atoms with E-state index in [2.05, 4.69) is 10.6 Å². The number of nitrogens with one attached hydrogen (secondary N) is 2. The van der Waals surface area contributed by atoms with Crippen molar-refractivity contribution in [3.63, 3.8) is 0 Å². The third-order valence-corrected chi connectivity index (χ3v) is 3.03. The lowest BCUT2D eigenvalue weighted by molar-refractivity contribution is 0.0636. The number of piperidine rings is 1. The Labute approximate surface area is 126 Å². The molecule has 1 amide bonds. The number of hydrogen-bond acceptors (Lipinski definition) is 4. The second-order valence-corrected chi connectivity index (χ2v) is 6.24. The second kappa shape index (κ2) is 6.80. The van der Waals surface area contributed by atoms with Crippen molar-refractivity contribution in [3.8, 4) is 5.75 Å². The molecule has 21 heavy (non-hydrogen) atoms. The summed E-state index contributed by atoms with van der Waals surface area (Å²) in [6.45, 7) is 7.43. The zero-order chi connectivity index (χ0) is 15.3. The van der Waals surface area contributed by atoms with Gasteiger partial charge in [0.05, 0.1) is 0 Å². The van der Waals surface area contributed by atoms with Crippen LogP contribution in [0.25, 0.3) is 0 Å². The Morgan fingerprint density at radius 3 is 2.86 bits per heavy atom. The van der Waals surface area contributed by atoms with Gasteiger partial charge in [-0.3, -0.25) is 5.32 Å². The molecule has 1 saturated heterocycles. The van der Waals surface area contributed by atoms with Crippen molar-refractivity contribution in [1.82, 2.24) is 5.32 Å². The fraction of sp³-hybridized carbons (Fsp3) is 0.562. The standard InChI is InChI=1S/C16H24N2O3/c1-16(2,3)21-15(19)18-12-6-4-7-13(10-12)20-14-8-5-9-17-11-14/h4,6-7,10,14,17H,5,8-9,11H2,1-3H3,(H,18,19). The lowest BCUT2D eigenvalue weighted by Gasteiger charge is -2.24. The molecule has 0 spiro atoms. The highest BCUT2D eigenvalue weighted by atomic mass is 16.6. The van der Waals surface area contributed by atoms with Gasteiger partial charge in [0.1, 0.15) is 17.5 Å². The molecule has 0 aromatic heterocycles. The number of carbonyl (C=O) groups excluding carboxylic acids is 1. The maximum Gasteiger partial charge on any atom is 0.412 e. The van der Waals surface area contributed by atoms with Crippen LogP contribution in [-0.4, -0.2) is 30.9 Å². The average molecular weight is 292 g/mol. The normalized spacial score (nSPS) is 18.9. The zero-order valence-electron chi connectivity index (χ0n) is 12.9. The average Bonchev–Trinajstić information content (AvgIpc) is 2.38. The Morgan fingerprint density at radius 2 is 2.19 bits per heavy atom. The predicted molar refractivity (Wildman–Crippen MR) is 82.8 cm³/mol. The molecule has 1 fully saturated rings. The first kappa shape index (κ1) is 15.6. The van der Waals surface area contributed by atoms with Gasteiger partial charge in [-0.05, 0) is 52.3 Å². The van der Waals surface area contributed by atoms with Gasteiger partial charge in [-0.25, -0.2) is 4.79 Å². The maximum absolute atomic E-state index is 11.7. The number of amides is 1. The quantitative estimate of drug-likeness (QED) is 0.898. The largest absolute Gasteiger partial charge is 0.489 e. The van der Waals surface area contributed by atoms with Gasteiger partial charge in [-0.15, -0.1) is 0 Å². The van der Waals surface area contributed by atoms with Crippen LogP contribution in [0.5, 0.6) is 5.75 Å². The van der Waals surface area contributed by atoms with Crippen molar-refractivity contribution in [2.45, 2.75) is 45.3 Å². The molecular formula is C16H24N2O3. The summed E-state index contributed by atoms with van der Waals surface area (Å²) in [6, 6.07) is 7.39. The Bertz CT molecular complexity index is 477. The number of benzene rings is 1. The first-order valence-corrected chi connectivity index (χ1v) is 7.40. The predicted octanol–water partition coefficient (Wildman–Crippen LogP) is 3.16. The van der Waals surface area contributed by atoms with E-state index in [1.807, 2.05) is 45.0 Å². The third-order valence-electron chi connectivity index (χ3n) is 3.03. The molecule has 1 aromatic carbocycles. The van der Waals surface area contributed by atoms with E-state index < -0.39 is 11.7 Å². The van der Waals surface area contributed by atoms with Gasteiger partial charge < -0.3 is 14.8 Å². The number of rotatable bonds is 3. The number of ether oxygens (including phenoxy) is 2. The molecule has 2 rings (SSSR count). The van der Waals surface area contributed by atoms with E-state index in [4.69, 9.17) is 9.47 Å². The van der Waals surface area contributed by atoms with Gasteiger partial charge in [0.25, 0.3) is 0 Å². The zero-order valence-corrected chi connectivity index (χ0v) is 12.9. The molecule has 0 bridgehead atoms. The molecule has 5 heteroatoms. The van der Waals surface area contributed by atoms with Gasteiger partial charge in [-0.1, -0.05) is 6.07 Å². The van der Waals surface area contributed by atoms with Crippen LogP contribution in [0.2, 0.25) is 0 Å². The molecule has 1 atom stereocenters. The fourth-order valence-corrected chi connectivity index (χ4v) is 2.18. The number of carbonyl (C=O) groups is 1. The molecule has 1 aliphatic rings. The molecule has 0 saturated carbocycles. The minimum atomic E-state index is -0.508. The van der Waals surface area contributed by atoms with Crippen LogP contribution in [0.3, 0.4) is 0 Å². The number of hydrogen-bond donors (Lipinski definition) is 2. The lowest BCUT2D eigenvalue weighted by Crippen LogP contribution is -2.37. The second-order valence-electron chi connectivity index (χ2n) is 6.24. The van der Waals surface area contributed by atoms with Crippen LogP contribution in [0.4, 0.5) is 10.5 Å². The summed E-state index contributed by atoms with van der Waals surface area (Å²) in [5.41, 5.74) is 0.164. The molecule has 0 radical (unpaired) electrons. The van der Waals surface area contributed by atoms with E-state index >= 15 is 0 Å². The van der Waals surface area contributed by atoms with Crippen LogP contribution < -0.4 is 15.4 Å². The van der Waals surface area contributed by atoms with Crippen LogP contribution in [0.1, 0.15) is 33.6 Å². The maximum atomic E-state index is 11.7. The Morgan fingerprint density at radius 1 is 1.38 bits per heavy atom. The molecule has 116 valence electrons. The SMILES string of the molecule is CC(C)(C)OC(=O)Nc1cccc(OC2CCCNC2)c1. The lowest BCUT2D eigenvalue weighted by atomic mass is 10.1. The summed E-state index contributed by atoms with van der Waals surface area (Å²) >= 11 is 0. The van der Waals surface area contributed by atoms with Gasteiger partial charge in [0.15, 0.2) is 0 Å². The molecule has 2 N–H and O–H groups in total. The van der Waals surface area contributed by atoms with Crippen molar-refractivity contribution in [3.05, 3.63) is 24.3 Å². The molecule has 1 unspecified atom stereocenters. The summed E-state index contributed by atoms with van der Waals surface area (Å²) in [6.07, 6.45) is 1.91. The summed E-state index contributed by atoms with van der Waals surface area (Å²) in [5.74, 6) is 0.761. The summed E-state index contributed by atoms with van der Waals surface area (Å²) in [5, 5.41) is 6.03. The molecule has 0 aliphatic carbocycles. The van der Waals surface area contributed by atoms with Crippen LogP contribution >= 0.6 is 0 Å². The Kier molecular flexibility index (Phi) is 5.07. The minimum absolute atomic E-state index is 0.190. The summed E-state index contributed by atoms with van der Waals surface area (Å²) in [4.78, 5) is 11.7. The highest BCUT2D eigenvalue weighted by Gasteiger charge is 2.17. The highest BCUT2D eigenvalue weighted by Crippen LogP contribution is 2.21. The van der Waals surface area contributed by atoms with Crippen molar-refractivity contribution in [2.75, 3.05) is 18.4 Å². The topological polar surface area (TPSA) is 59.6 Å². The van der Waals surface area contributed by atoms with Crippen molar-refractivity contribution < 1.29 is 14.3 Å². The third kappa shape index (κ3) is 5.63. The van der Waals surface area contributed by atoms with Gasteiger partial charge >= 0.3 is 6.09 Å². The fourth-order valence-electron chi connectivity index (χ4n) is 2.18. The van der Waals surface area contributed by atoms with Crippen molar-refractivity contribution in [2.24, 2.45) is 0 Å². The Balaban J connectivity index is 1.92. The van der Waals surface area contributed by atoms with Gasteiger partial charge in [0, 0.05) is 18.3 Å².